The van der Waals surface area contributed by atoms with Crippen LogP contribution in [-0.4, -0.2) is 30.2 Å². The molecular formula is C11H18N2O4S2. The molecule has 1 heterocycles. The summed E-state index contributed by atoms with van der Waals surface area (Å²) >= 11 is 1.23. The number of hydrogen-bond donors (Lipinski definition) is 2. The fraction of sp³-hybridized carbons (Fsp3) is 0.636. The van der Waals surface area contributed by atoms with Crippen LogP contribution in [0.4, 0.5) is 5.13 Å². The Morgan fingerprint density at radius 1 is 1.47 bits per heavy atom. The minimum Gasteiger partial charge on any atom is -0.481 e. The van der Waals surface area contributed by atoms with Crippen molar-refractivity contribution in [2.75, 3.05) is 10.5 Å². The van der Waals surface area contributed by atoms with E-state index in [1.807, 2.05) is 26.2 Å². The maximum absolute atomic E-state index is 11.7. The zero-order valence-corrected chi connectivity index (χ0v) is 12.8. The van der Waals surface area contributed by atoms with Crippen molar-refractivity contribution >= 4 is 32.5 Å². The summed E-state index contributed by atoms with van der Waals surface area (Å²) in [4.78, 5) is 14.6. The Balaban J connectivity index is 2.63. The third-order valence-corrected chi connectivity index (χ3v) is 4.54. The van der Waals surface area contributed by atoms with E-state index >= 15 is 0 Å². The molecule has 1 aromatic rings. The number of thiazole rings is 1. The van der Waals surface area contributed by atoms with Gasteiger partial charge in [-0.1, -0.05) is 20.8 Å². The first-order valence-corrected chi connectivity index (χ1v) is 8.32. The maximum Gasteiger partial charge on any atom is 0.303 e. The lowest BCUT2D eigenvalue weighted by molar-refractivity contribution is -0.137. The first kappa shape index (κ1) is 15.9. The van der Waals surface area contributed by atoms with Gasteiger partial charge in [-0.3, -0.25) is 9.52 Å². The summed E-state index contributed by atoms with van der Waals surface area (Å²) < 4.78 is 25.8. The topological polar surface area (TPSA) is 96.4 Å². The summed E-state index contributed by atoms with van der Waals surface area (Å²) in [6.07, 6.45) is -0.0752. The van der Waals surface area contributed by atoms with Crippen molar-refractivity contribution < 1.29 is 18.3 Å². The molecule has 0 unspecified atom stereocenters. The minimum atomic E-state index is -3.53. The molecule has 1 rings (SSSR count). The van der Waals surface area contributed by atoms with Crippen molar-refractivity contribution in [3.63, 3.8) is 0 Å². The molecule has 6 nitrogen and oxygen atoms in total. The molecule has 0 spiro atoms. The van der Waals surface area contributed by atoms with Gasteiger partial charge in [0, 0.05) is 17.2 Å². The van der Waals surface area contributed by atoms with Gasteiger partial charge in [0.05, 0.1) is 11.4 Å². The third kappa shape index (κ3) is 5.56. The summed E-state index contributed by atoms with van der Waals surface area (Å²) in [6, 6.07) is 0. The van der Waals surface area contributed by atoms with Crippen molar-refractivity contribution in [1.29, 1.82) is 0 Å². The molecule has 8 heteroatoms. The highest BCUT2D eigenvalue weighted by Gasteiger charge is 2.19. The van der Waals surface area contributed by atoms with Crippen LogP contribution in [-0.2, 0) is 20.2 Å². The van der Waals surface area contributed by atoms with E-state index in [0.717, 1.165) is 5.69 Å². The van der Waals surface area contributed by atoms with Gasteiger partial charge < -0.3 is 5.11 Å². The summed E-state index contributed by atoms with van der Waals surface area (Å²) in [5.74, 6) is -1.22. The van der Waals surface area contributed by atoms with Crippen molar-refractivity contribution in [3.8, 4) is 0 Å². The lowest BCUT2D eigenvalue weighted by Crippen LogP contribution is -2.18. The van der Waals surface area contributed by atoms with E-state index in [0.29, 0.717) is 5.13 Å². The number of carboxylic acids is 1. The second-order valence-corrected chi connectivity index (χ2v) is 7.91. The van der Waals surface area contributed by atoms with Crippen LogP contribution in [0.25, 0.3) is 0 Å². The standard InChI is InChI=1S/C11H18N2O4S2/c1-11(2,3)8-7-18-10(12-8)13-19(16,17)6-4-5-9(14)15/h7H,4-6H2,1-3H3,(H,12,13)(H,14,15). The van der Waals surface area contributed by atoms with Gasteiger partial charge in [-0.15, -0.1) is 11.3 Å². The number of hydrogen-bond acceptors (Lipinski definition) is 5. The van der Waals surface area contributed by atoms with Gasteiger partial charge in [0.1, 0.15) is 0 Å². The number of aromatic nitrogens is 1. The van der Waals surface area contributed by atoms with Crippen molar-refractivity contribution in [3.05, 3.63) is 11.1 Å². The molecule has 0 bridgehead atoms. The van der Waals surface area contributed by atoms with Crippen LogP contribution in [0.15, 0.2) is 5.38 Å². The lowest BCUT2D eigenvalue weighted by atomic mass is 9.93. The Morgan fingerprint density at radius 3 is 2.58 bits per heavy atom. The first-order valence-electron chi connectivity index (χ1n) is 5.78. The van der Waals surface area contributed by atoms with Crippen LogP contribution < -0.4 is 4.72 Å². The Kier molecular flexibility index (Phi) is 4.92. The fourth-order valence-electron chi connectivity index (χ4n) is 1.26. The van der Waals surface area contributed by atoms with Gasteiger partial charge in [-0.2, -0.15) is 0 Å². The zero-order chi connectivity index (χ0) is 14.7. The second-order valence-electron chi connectivity index (χ2n) is 5.21. The van der Waals surface area contributed by atoms with E-state index in [-0.39, 0.29) is 24.0 Å². The molecule has 1 aromatic heterocycles. The maximum atomic E-state index is 11.7. The number of sulfonamides is 1. The van der Waals surface area contributed by atoms with Crippen LogP contribution in [0.2, 0.25) is 0 Å². The molecule has 0 saturated carbocycles. The van der Waals surface area contributed by atoms with Crippen LogP contribution in [0.1, 0.15) is 39.3 Å². The highest BCUT2D eigenvalue weighted by molar-refractivity contribution is 7.92. The van der Waals surface area contributed by atoms with Gasteiger partial charge in [-0.25, -0.2) is 13.4 Å². The molecule has 0 atom stereocenters. The smallest absolute Gasteiger partial charge is 0.303 e. The monoisotopic (exact) mass is 306 g/mol. The van der Waals surface area contributed by atoms with E-state index in [1.165, 1.54) is 11.3 Å². The first-order chi connectivity index (χ1) is 8.60. The molecule has 0 aliphatic rings. The molecule has 0 aliphatic carbocycles. The Bertz CT molecular complexity index is 543. The van der Waals surface area contributed by atoms with E-state index in [9.17, 15) is 13.2 Å². The predicted molar refractivity (Wildman–Crippen MR) is 75.1 cm³/mol. The highest BCUT2D eigenvalue weighted by atomic mass is 32.2. The molecule has 0 radical (unpaired) electrons. The Morgan fingerprint density at radius 2 is 2.11 bits per heavy atom. The molecule has 2 N–H and O–H groups in total. The van der Waals surface area contributed by atoms with Crippen molar-refractivity contribution in [2.24, 2.45) is 0 Å². The number of anilines is 1. The molecule has 0 amide bonds. The molecule has 0 saturated heterocycles. The SMILES string of the molecule is CC(C)(C)c1csc(NS(=O)(=O)CCCC(=O)O)n1. The number of rotatable bonds is 6. The Hall–Kier alpha value is -1.15. The van der Waals surface area contributed by atoms with Crippen LogP contribution in [0.5, 0.6) is 0 Å². The predicted octanol–water partition coefficient (Wildman–Crippen LogP) is 2.05. The lowest BCUT2D eigenvalue weighted by Gasteiger charge is -2.14. The average Bonchev–Trinajstić information content (AvgIpc) is 2.63. The van der Waals surface area contributed by atoms with E-state index in [4.69, 9.17) is 5.11 Å². The summed E-state index contributed by atoms with van der Waals surface area (Å²) in [5.41, 5.74) is 0.685. The van der Waals surface area contributed by atoms with Crippen molar-refractivity contribution in [1.82, 2.24) is 4.98 Å². The van der Waals surface area contributed by atoms with Crippen LogP contribution >= 0.6 is 11.3 Å². The third-order valence-electron chi connectivity index (χ3n) is 2.32. The van der Waals surface area contributed by atoms with Gasteiger partial charge in [-0.05, 0) is 6.42 Å². The number of carbonyl (C=O) groups is 1. The molecule has 0 aliphatic heterocycles. The molecule has 19 heavy (non-hydrogen) atoms. The number of carboxylic acid groups (broad SMARTS) is 1. The van der Waals surface area contributed by atoms with E-state index < -0.39 is 16.0 Å². The zero-order valence-electron chi connectivity index (χ0n) is 11.1. The highest BCUT2D eigenvalue weighted by Crippen LogP contribution is 2.26. The number of nitrogens with zero attached hydrogens (tertiary/aromatic N) is 1. The minimum absolute atomic E-state index is 0.0855. The molecular weight excluding hydrogens is 288 g/mol. The molecule has 108 valence electrons. The van der Waals surface area contributed by atoms with Gasteiger partial charge in [0.25, 0.3) is 0 Å². The molecule has 0 fully saturated rings. The number of nitrogens with one attached hydrogen (secondary N) is 1. The molecule has 0 aromatic carbocycles. The van der Waals surface area contributed by atoms with Crippen LogP contribution in [0.3, 0.4) is 0 Å². The van der Waals surface area contributed by atoms with Gasteiger partial charge in [0.2, 0.25) is 10.0 Å². The van der Waals surface area contributed by atoms with Gasteiger partial charge in [0.15, 0.2) is 5.13 Å². The fourth-order valence-corrected chi connectivity index (χ4v) is 3.55. The van der Waals surface area contributed by atoms with E-state index in [1.54, 1.807) is 0 Å². The Labute approximate surface area is 116 Å². The largest absolute Gasteiger partial charge is 0.481 e. The van der Waals surface area contributed by atoms with Crippen molar-refractivity contribution in [2.45, 2.75) is 39.0 Å². The normalized spacial score (nSPS) is 12.4. The van der Waals surface area contributed by atoms with Crippen LogP contribution in [0, 0.1) is 0 Å². The van der Waals surface area contributed by atoms with Gasteiger partial charge >= 0.3 is 5.97 Å². The average molecular weight is 306 g/mol. The quantitative estimate of drug-likeness (QED) is 0.838. The second kappa shape index (κ2) is 5.87. The summed E-state index contributed by atoms with van der Waals surface area (Å²) in [5, 5.41) is 10.6. The summed E-state index contributed by atoms with van der Waals surface area (Å²) in [6.45, 7) is 5.98. The van der Waals surface area contributed by atoms with E-state index in [2.05, 4.69) is 9.71 Å². The number of aliphatic carboxylic acids is 1. The summed E-state index contributed by atoms with van der Waals surface area (Å²) in [7, 11) is -3.53.